The molecule has 0 bridgehead atoms. The maximum absolute atomic E-state index is 14.2. The molecule has 21 heavy (non-hydrogen) atoms. The molecule has 0 unspecified atom stereocenters. The smallest absolute Gasteiger partial charge is 0.151 e. The standard InChI is InChI=1S/C16H24FNO3/c1-20-10-3-11-21-14-6-8-18(9-7-14)15-5-2-4-13(12-19)16(15)17/h2,4-5,14,19H,3,6-12H2,1H3. The highest BCUT2D eigenvalue weighted by Crippen LogP contribution is 2.26. The van der Waals surface area contributed by atoms with Gasteiger partial charge in [0.15, 0.2) is 5.82 Å². The van der Waals surface area contributed by atoms with Gasteiger partial charge in [-0.05, 0) is 25.3 Å². The largest absolute Gasteiger partial charge is 0.392 e. The summed E-state index contributed by atoms with van der Waals surface area (Å²) in [6, 6.07) is 5.18. The summed E-state index contributed by atoms with van der Waals surface area (Å²) in [5.41, 5.74) is 0.935. The molecule has 1 aromatic rings. The third-order valence-corrected chi connectivity index (χ3v) is 3.86. The van der Waals surface area contributed by atoms with Crippen LogP contribution < -0.4 is 4.90 Å². The van der Waals surface area contributed by atoms with Crippen LogP contribution in [0.3, 0.4) is 0 Å². The van der Waals surface area contributed by atoms with Gasteiger partial charge in [-0.1, -0.05) is 12.1 Å². The van der Waals surface area contributed by atoms with Crippen molar-refractivity contribution in [1.82, 2.24) is 0 Å². The number of nitrogens with zero attached hydrogens (tertiary/aromatic N) is 1. The van der Waals surface area contributed by atoms with Crippen molar-refractivity contribution < 1.29 is 19.0 Å². The lowest BCUT2D eigenvalue weighted by Gasteiger charge is -2.34. The van der Waals surface area contributed by atoms with Crippen molar-refractivity contribution in [2.45, 2.75) is 32.0 Å². The van der Waals surface area contributed by atoms with Crippen molar-refractivity contribution in [3.8, 4) is 0 Å². The highest BCUT2D eigenvalue weighted by atomic mass is 19.1. The molecule has 0 saturated carbocycles. The highest BCUT2D eigenvalue weighted by molar-refractivity contribution is 5.50. The van der Waals surface area contributed by atoms with E-state index < -0.39 is 0 Å². The van der Waals surface area contributed by atoms with Crippen LogP contribution in [-0.4, -0.2) is 44.6 Å². The predicted molar refractivity (Wildman–Crippen MR) is 80.0 cm³/mol. The van der Waals surface area contributed by atoms with E-state index in [0.717, 1.165) is 39.0 Å². The van der Waals surface area contributed by atoms with E-state index in [1.165, 1.54) is 0 Å². The molecule has 2 rings (SSSR count). The van der Waals surface area contributed by atoms with Crippen LogP contribution in [0, 0.1) is 5.82 Å². The maximum Gasteiger partial charge on any atom is 0.151 e. The number of hydrogen-bond acceptors (Lipinski definition) is 4. The van der Waals surface area contributed by atoms with Gasteiger partial charge >= 0.3 is 0 Å². The second kappa shape index (κ2) is 8.32. The van der Waals surface area contributed by atoms with Gasteiger partial charge in [0.05, 0.1) is 18.4 Å². The van der Waals surface area contributed by atoms with Gasteiger partial charge in [0.25, 0.3) is 0 Å². The summed E-state index contributed by atoms with van der Waals surface area (Å²) >= 11 is 0. The Hall–Kier alpha value is -1.17. The number of rotatable bonds is 7. The molecular formula is C16H24FNO3. The Bertz CT molecular complexity index is 434. The number of anilines is 1. The minimum absolute atomic E-state index is 0.252. The van der Waals surface area contributed by atoms with Crippen LogP contribution in [0.2, 0.25) is 0 Å². The molecule has 0 spiro atoms. The summed E-state index contributed by atoms with van der Waals surface area (Å²) in [5.74, 6) is -0.306. The number of aliphatic hydroxyl groups excluding tert-OH is 1. The van der Waals surface area contributed by atoms with E-state index in [9.17, 15) is 4.39 Å². The van der Waals surface area contributed by atoms with Gasteiger partial charge in [-0.25, -0.2) is 4.39 Å². The normalized spacial score (nSPS) is 16.4. The van der Waals surface area contributed by atoms with Gasteiger partial charge in [0, 0.05) is 39.0 Å². The lowest BCUT2D eigenvalue weighted by molar-refractivity contribution is 0.0257. The van der Waals surface area contributed by atoms with Gasteiger partial charge in [-0.3, -0.25) is 0 Å². The van der Waals surface area contributed by atoms with E-state index in [2.05, 4.69) is 0 Å². The Labute approximate surface area is 125 Å². The van der Waals surface area contributed by atoms with Crippen molar-refractivity contribution in [3.63, 3.8) is 0 Å². The summed E-state index contributed by atoms with van der Waals surface area (Å²) in [5, 5.41) is 9.14. The Morgan fingerprint density at radius 2 is 2.05 bits per heavy atom. The van der Waals surface area contributed by atoms with Crippen LogP contribution in [0.4, 0.5) is 10.1 Å². The molecule has 5 heteroatoms. The first-order valence-electron chi connectivity index (χ1n) is 7.50. The van der Waals surface area contributed by atoms with Crippen molar-refractivity contribution in [1.29, 1.82) is 0 Å². The van der Waals surface area contributed by atoms with Gasteiger partial charge < -0.3 is 19.5 Å². The summed E-state index contributed by atoms with van der Waals surface area (Å²) in [4.78, 5) is 2.03. The van der Waals surface area contributed by atoms with Gasteiger partial charge in [-0.2, -0.15) is 0 Å². The van der Waals surface area contributed by atoms with Crippen molar-refractivity contribution in [3.05, 3.63) is 29.6 Å². The van der Waals surface area contributed by atoms with Crippen LogP contribution in [-0.2, 0) is 16.1 Å². The zero-order chi connectivity index (χ0) is 15.1. The zero-order valence-electron chi connectivity index (χ0n) is 12.6. The molecule has 1 heterocycles. The number of ether oxygens (including phenoxy) is 2. The molecule has 1 aliphatic heterocycles. The Morgan fingerprint density at radius 1 is 1.29 bits per heavy atom. The van der Waals surface area contributed by atoms with Crippen LogP contribution >= 0.6 is 0 Å². The van der Waals surface area contributed by atoms with Gasteiger partial charge in [0.2, 0.25) is 0 Å². The van der Waals surface area contributed by atoms with E-state index in [0.29, 0.717) is 17.9 Å². The summed E-state index contributed by atoms with van der Waals surface area (Å²) in [6.07, 6.45) is 2.96. The monoisotopic (exact) mass is 297 g/mol. The number of halogens is 1. The molecule has 118 valence electrons. The second-order valence-electron chi connectivity index (χ2n) is 5.31. The summed E-state index contributed by atoms with van der Waals surface area (Å²) in [6.45, 7) is 2.73. The average Bonchev–Trinajstić information content (AvgIpc) is 2.53. The number of aliphatic hydroxyl groups is 1. The van der Waals surface area contributed by atoms with Crippen molar-refractivity contribution in [2.24, 2.45) is 0 Å². The predicted octanol–water partition coefficient (Wildman–Crippen LogP) is 2.34. The maximum atomic E-state index is 14.2. The van der Waals surface area contributed by atoms with Crippen LogP contribution in [0.25, 0.3) is 0 Å². The number of benzene rings is 1. The SMILES string of the molecule is COCCCOC1CCN(c2cccc(CO)c2F)CC1. The Kier molecular flexibility index (Phi) is 6.42. The third kappa shape index (κ3) is 4.40. The fourth-order valence-corrected chi connectivity index (χ4v) is 2.65. The first-order chi connectivity index (χ1) is 10.3. The molecule has 1 N–H and O–H groups in total. The molecule has 0 radical (unpaired) electrons. The molecular weight excluding hydrogens is 273 g/mol. The minimum atomic E-state index is -0.306. The van der Waals surface area contributed by atoms with Crippen LogP contribution in [0.15, 0.2) is 18.2 Å². The first-order valence-corrected chi connectivity index (χ1v) is 7.50. The van der Waals surface area contributed by atoms with E-state index in [-0.39, 0.29) is 18.5 Å². The van der Waals surface area contributed by atoms with E-state index in [1.807, 2.05) is 4.90 Å². The molecule has 0 amide bonds. The zero-order valence-corrected chi connectivity index (χ0v) is 12.6. The molecule has 1 saturated heterocycles. The van der Waals surface area contributed by atoms with Gasteiger partial charge in [-0.15, -0.1) is 0 Å². The molecule has 1 aromatic carbocycles. The van der Waals surface area contributed by atoms with Crippen LogP contribution in [0.5, 0.6) is 0 Å². The Balaban J connectivity index is 1.84. The number of hydrogen-bond donors (Lipinski definition) is 1. The molecule has 0 atom stereocenters. The average molecular weight is 297 g/mol. The molecule has 1 aliphatic rings. The third-order valence-electron chi connectivity index (χ3n) is 3.86. The second-order valence-corrected chi connectivity index (χ2v) is 5.31. The number of methoxy groups -OCH3 is 1. The quantitative estimate of drug-likeness (QED) is 0.784. The van der Waals surface area contributed by atoms with Crippen molar-refractivity contribution in [2.75, 3.05) is 38.3 Å². The lowest BCUT2D eigenvalue weighted by atomic mass is 10.1. The Morgan fingerprint density at radius 3 is 2.71 bits per heavy atom. The molecule has 4 nitrogen and oxygen atoms in total. The van der Waals surface area contributed by atoms with E-state index >= 15 is 0 Å². The minimum Gasteiger partial charge on any atom is -0.392 e. The summed E-state index contributed by atoms with van der Waals surface area (Å²) < 4.78 is 25.0. The van der Waals surface area contributed by atoms with Crippen molar-refractivity contribution >= 4 is 5.69 Å². The van der Waals surface area contributed by atoms with Crippen LogP contribution in [0.1, 0.15) is 24.8 Å². The van der Waals surface area contributed by atoms with E-state index in [4.69, 9.17) is 14.6 Å². The molecule has 0 aliphatic carbocycles. The lowest BCUT2D eigenvalue weighted by Crippen LogP contribution is -2.37. The molecule has 1 fully saturated rings. The highest BCUT2D eigenvalue weighted by Gasteiger charge is 2.22. The topological polar surface area (TPSA) is 41.9 Å². The first kappa shape index (κ1) is 16.2. The van der Waals surface area contributed by atoms with E-state index in [1.54, 1.807) is 25.3 Å². The molecule has 0 aromatic heterocycles. The number of piperidine rings is 1. The fourth-order valence-electron chi connectivity index (χ4n) is 2.65. The van der Waals surface area contributed by atoms with Gasteiger partial charge in [0.1, 0.15) is 0 Å². The summed E-state index contributed by atoms with van der Waals surface area (Å²) in [7, 11) is 1.69. The fraction of sp³-hybridized carbons (Fsp3) is 0.625.